The van der Waals surface area contributed by atoms with E-state index in [0.29, 0.717) is 38.8 Å². The van der Waals surface area contributed by atoms with Crippen molar-refractivity contribution < 1.29 is 13.2 Å². The van der Waals surface area contributed by atoms with Crippen LogP contribution in [0, 0.1) is 5.92 Å². The Morgan fingerprint density at radius 1 is 1.22 bits per heavy atom. The number of rotatable bonds is 5. The lowest BCUT2D eigenvalue weighted by atomic mass is 9.84. The Bertz CT molecular complexity index is 866. The summed E-state index contributed by atoms with van der Waals surface area (Å²) >= 11 is 0. The second-order valence-corrected chi connectivity index (χ2v) is 10.3. The average molecular weight is 396 g/mol. The zero-order chi connectivity index (χ0) is 19.2. The third-order valence-electron chi connectivity index (χ3n) is 6.35. The SMILES string of the molecule is COC[C@@H]1CCCN1Cc1ccc2n(c1=O)C[C@H]1C[C@@H]2CN(S(C)(=O)=O)C1. The molecule has 4 rings (SSSR count). The highest BCUT2D eigenvalue weighted by molar-refractivity contribution is 7.88. The standard InChI is InChI=1S/C19H29N3O4S/c1-26-13-17-4-3-7-20(17)11-15-5-6-18-16-8-14(10-22(18)19(15)23)9-21(12-16)27(2,24)25/h5-6,14,16-17H,3-4,7-13H2,1-2H3/t14-,16+,17-/m0/s1. The summed E-state index contributed by atoms with van der Waals surface area (Å²) in [5.74, 6) is 0.328. The van der Waals surface area contributed by atoms with Crippen LogP contribution in [-0.2, 0) is 27.8 Å². The largest absolute Gasteiger partial charge is 0.383 e. The van der Waals surface area contributed by atoms with E-state index in [1.165, 1.54) is 6.26 Å². The van der Waals surface area contributed by atoms with Gasteiger partial charge in [0.05, 0.1) is 12.9 Å². The van der Waals surface area contributed by atoms with Crippen molar-refractivity contribution in [2.24, 2.45) is 5.92 Å². The van der Waals surface area contributed by atoms with E-state index in [9.17, 15) is 13.2 Å². The number of ether oxygens (including phenoxy) is 1. The van der Waals surface area contributed by atoms with E-state index in [4.69, 9.17) is 4.74 Å². The predicted octanol–water partition coefficient (Wildman–Crippen LogP) is 0.838. The molecule has 0 saturated carbocycles. The van der Waals surface area contributed by atoms with Crippen LogP contribution in [0.25, 0.3) is 0 Å². The maximum atomic E-state index is 13.1. The first kappa shape index (κ1) is 19.1. The molecule has 3 aliphatic rings. The van der Waals surface area contributed by atoms with Gasteiger partial charge >= 0.3 is 0 Å². The molecule has 0 unspecified atom stereocenters. The highest BCUT2D eigenvalue weighted by atomic mass is 32.2. The molecule has 7 nitrogen and oxygen atoms in total. The van der Waals surface area contributed by atoms with Crippen LogP contribution in [0.3, 0.4) is 0 Å². The van der Waals surface area contributed by atoms with Crippen molar-refractivity contribution in [1.82, 2.24) is 13.8 Å². The molecule has 1 aromatic heterocycles. The Morgan fingerprint density at radius 3 is 2.78 bits per heavy atom. The minimum absolute atomic E-state index is 0.0954. The van der Waals surface area contributed by atoms with Gasteiger partial charge in [0.25, 0.3) is 5.56 Å². The maximum absolute atomic E-state index is 13.1. The number of piperidine rings is 1. The van der Waals surface area contributed by atoms with Crippen molar-refractivity contribution in [3.63, 3.8) is 0 Å². The molecule has 27 heavy (non-hydrogen) atoms. The Morgan fingerprint density at radius 2 is 2.04 bits per heavy atom. The molecular weight excluding hydrogens is 366 g/mol. The van der Waals surface area contributed by atoms with Gasteiger partial charge < -0.3 is 9.30 Å². The van der Waals surface area contributed by atoms with Crippen LogP contribution in [-0.4, -0.2) is 67.8 Å². The van der Waals surface area contributed by atoms with Gasteiger partial charge in [0.2, 0.25) is 10.0 Å². The number of pyridine rings is 1. The topological polar surface area (TPSA) is 71.8 Å². The molecule has 0 N–H and O–H groups in total. The molecule has 0 amide bonds. The third-order valence-corrected chi connectivity index (χ3v) is 7.59. The van der Waals surface area contributed by atoms with Gasteiger partial charge in [-0.3, -0.25) is 9.69 Å². The van der Waals surface area contributed by atoms with Gasteiger partial charge in [-0.1, -0.05) is 6.07 Å². The lowest BCUT2D eigenvalue weighted by Gasteiger charge is -2.41. The van der Waals surface area contributed by atoms with E-state index < -0.39 is 10.0 Å². The van der Waals surface area contributed by atoms with Gasteiger partial charge in [-0.15, -0.1) is 0 Å². The minimum atomic E-state index is -3.19. The number of methoxy groups -OCH3 is 1. The lowest BCUT2D eigenvalue weighted by Crippen LogP contribution is -2.49. The monoisotopic (exact) mass is 395 g/mol. The maximum Gasteiger partial charge on any atom is 0.255 e. The number of fused-ring (bicyclic) bond motifs is 4. The summed E-state index contributed by atoms with van der Waals surface area (Å²) in [4.78, 5) is 15.5. The molecule has 3 aliphatic heterocycles. The highest BCUT2D eigenvalue weighted by Crippen LogP contribution is 2.36. The first-order chi connectivity index (χ1) is 12.9. The molecule has 8 heteroatoms. The van der Waals surface area contributed by atoms with Gasteiger partial charge in [0, 0.05) is 56.5 Å². The second kappa shape index (κ2) is 7.31. The molecule has 0 spiro atoms. The molecule has 1 aromatic rings. The predicted molar refractivity (Wildman–Crippen MR) is 103 cm³/mol. The van der Waals surface area contributed by atoms with Gasteiger partial charge in [-0.2, -0.15) is 0 Å². The first-order valence-corrected chi connectivity index (χ1v) is 11.6. The summed E-state index contributed by atoms with van der Waals surface area (Å²) in [5.41, 5.74) is 1.92. The molecular formula is C19H29N3O4S. The van der Waals surface area contributed by atoms with E-state index in [0.717, 1.165) is 37.1 Å². The van der Waals surface area contributed by atoms with Crippen LogP contribution in [0.1, 0.15) is 36.4 Å². The van der Waals surface area contributed by atoms with Crippen molar-refractivity contribution in [3.8, 4) is 0 Å². The number of likely N-dealkylation sites (tertiary alicyclic amines) is 1. The van der Waals surface area contributed by atoms with Gasteiger partial charge in [-0.05, 0) is 37.8 Å². The summed E-state index contributed by atoms with van der Waals surface area (Å²) in [6.45, 7) is 4.00. The van der Waals surface area contributed by atoms with Crippen molar-refractivity contribution in [2.45, 2.75) is 44.3 Å². The number of hydrogen-bond donors (Lipinski definition) is 0. The summed E-state index contributed by atoms with van der Waals surface area (Å²) in [5, 5.41) is 0. The van der Waals surface area contributed by atoms with Crippen LogP contribution >= 0.6 is 0 Å². The van der Waals surface area contributed by atoms with E-state index >= 15 is 0 Å². The summed E-state index contributed by atoms with van der Waals surface area (Å²) < 4.78 is 32.8. The molecule has 4 heterocycles. The fraction of sp³-hybridized carbons (Fsp3) is 0.737. The molecule has 2 saturated heterocycles. The number of aromatic nitrogens is 1. The Labute approximate surface area is 161 Å². The summed E-state index contributed by atoms with van der Waals surface area (Å²) in [6.07, 6.45) is 4.50. The van der Waals surface area contributed by atoms with Gasteiger partial charge in [0.15, 0.2) is 0 Å². The summed E-state index contributed by atoms with van der Waals surface area (Å²) in [6, 6.07) is 4.39. The van der Waals surface area contributed by atoms with Crippen molar-refractivity contribution in [1.29, 1.82) is 0 Å². The number of nitrogens with zero attached hydrogens (tertiary/aromatic N) is 3. The van der Waals surface area contributed by atoms with E-state index in [1.807, 2.05) is 16.7 Å². The van der Waals surface area contributed by atoms with Crippen LogP contribution in [0.4, 0.5) is 0 Å². The molecule has 3 atom stereocenters. The van der Waals surface area contributed by atoms with Crippen LogP contribution in [0.15, 0.2) is 16.9 Å². The van der Waals surface area contributed by atoms with E-state index in [-0.39, 0.29) is 17.4 Å². The molecule has 0 aromatic carbocycles. The second-order valence-electron chi connectivity index (χ2n) is 8.30. The lowest BCUT2D eigenvalue weighted by molar-refractivity contribution is 0.111. The first-order valence-electron chi connectivity index (χ1n) is 9.77. The quantitative estimate of drug-likeness (QED) is 0.739. The average Bonchev–Trinajstić information content (AvgIpc) is 3.04. The fourth-order valence-electron chi connectivity index (χ4n) is 5.04. The van der Waals surface area contributed by atoms with Crippen molar-refractivity contribution in [3.05, 3.63) is 33.7 Å². The highest BCUT2D eigenvalue weighted by Gasteiger charge is 2.38. The zero-order valence-electron chi connectivity index (χ0n) is 16.1. The van der Waals surface area contributed by atoms with Crippen molar-refractivity contribution >= 4 is 10.0 Å². The molecule has 0 aliphatic carbocycles. The van der Waals surface area contributed by atoms with Crippen LogP contribution < -0.4 is 5.56 Å². The fourth-order valence-corrected chi connectivity index (χ4v) is 5.97. The summed E-state index contributed by atoms with van der Waals surface area (Å²) in [7, 11) is -1.46. The zero-order valence-corrected chi connectivity index (χ0v) is 17.0. The van der Waals surface area contributed by atoms with E-state index in [2.05, 4.69) is 4.90 Å². The Kier molecular flexibility index (Phi) is 5.18. The molecule has 2 fully saturated rings. The Balaban J connectivity index is 1.58. The normalized spacial score (nSPS) is 29.0. The Hall–Kier alpha value is -1.22. The number of hydrogen-bond acceptors (Lipinski definition) is 5. The van der Waals surface area contributed by atoms with Crippen molar-refractivity contribution in [2.75, 3.05) is 39.6 Å². The molecule has 0 radical (unpaired) electrons. The van der Waals surface area contributed by atoms with E-state index in [1.54, 1.807) is 11.4 Å². The number of sulfonamides is 1. The van der Waals surface area contributed by atoms with Gasteiger partial charge in [-0.25, -0.2) is 12.7 Å². The van der Waals surface area contributed by atoms with Gasteiger partial charge in [0.1, 0.15) is 0 Å². The van der Waals surface area contributed by atoms with Crippen LogP contribution in [0.5, 0.6) is 0 Å². The third kappa shape index (κ3) is 3.72. The molecule has 2 bridgehead atoms. The molecule has 150 valence electrons. The van der Waals surface area contributed by atoms with Crippen LogP contribution in [0.2, 0.25) is 0 Å². The minimum Gasteiger partial charge on any atom is -0.383 e. The smallest absolute Gasteiger partial charge is 0.255 e.